The van der Waals surface area contributed by atoms with Crippen molar-refractivity contribution in [3.63, 3.8) is 0 Å². The lowest BCUT2D eigenvalue weighted by atomic mass is 10.7. The van der Waals surface area contributed by atoms with Gasteiger partial charge < -0.3 is 28.8 Å². The van der Waals surface area contributed by atoms with Gasteiger partial charge >= 0.3 is 0 Å². The van der Waals surface area contributed by atoms with Crippen molar-refractivity contribution in [3.05, 3.63) is 0 Å². The van der Waals surface area contributed by atoms with Crippen molar-refractivity contribution in [2.75, 3.05) is 79.3 Å². The highest BCUT2D eigenvalue weighted by Gasteiger charge is 1.93. The van der Waals surface area contributed by atoms with Gasteiger partial charge in [-0.3, -0.25) is 4.29 Å². The lowest BCUT2D eigenvalue weighted by Crippen LogP contribution is -2.14. The Balaban J connectivity index is 2.89. The Morgan fingerprint density at radius 2 is 0.800 bits per heavy atom. The standard InChI is InChI=1S/C12H25ClO7/c13-20-12-11-19-10-9-18-8-7-17-6-5-16-4-3-15-2-1-14/h14H,1-12H2. The molecule has 0 atom stereocenters. The summed E-state index contributed by atoms with van der Waals surface area (Å²) in [5.41, 5.74) is 0. The maximum absolute atomic E-state index is 8.47. The Kier molecular flexibility index (Phi) is 19.0. The molecule has 122 valence electrons. The minimum absolute atomic E-state index is 0.0363. The van der Waals surface area contributed by atoms with E-state index in [0.717, 1.165) is 0 Å². The van der Waals surface area contributed by atoms with Crippen molar-refractivity contribution in [1.29, 1.82) is 0 Å². The molecule has 0 aliphatic carbocycles. The van der Waals surface area contributed by atoms with Gasteiger partial charge in [0.15, 0.2) is 0 Å². The Morgan fingerprint density at radius 1 is 0.500 bits per heavy atom. The molecule has 0 unspecified atom stereocenters. The van der Waals surface area contributed by atoms with Crippen molar-refractivity contribution in [2.24, 2.45) is 0 Å². The van der Waals surface area contributed by atoms with Gasteiger partial charge in [0, 0.05) is 0 Å². The molecule has 7 nitrogen and oxygen atoms in total. The molecular formula is C12H25ClO7. The van der Waals surface area contributed by atoms with Crippen LogP contribution in [0.15, 0.2) is 0 Å². The van der Waals surface area contributed by atoms with Crippen LogP contribution in [0.1, 0.15) is 0 Å². The van der Waals surface area contributed by atoms with Crippen molar-refractivity contribution < 1.29 is 33.1 Å². The molecular weight excluding hydrogens is 292 g/mol. The van der Waals surface area contributed by atoms with Crippen LogP contribution in [0.4, 0.5) is 0 Å². The van der Waals surface area contributed by atoms with Gasteiger partial charge in [-0.05, 0) is 0 Å². The second-order valence-corrected chi connectivity index (χ2v) is 3.82. The third-order valence-corrected chi connectivity index (χ3v) is 2.18. The van der Waals surface area contributed by atoms with E-state index < -0.39 is 0 Å². The van der Waals surface area contributed by atoms with Gasteiger partial charge in [0.1, 0.15) is 0 Å². The van der Waals surface area contributed by atoms with Crippen LogP contribution in [0.5, 0.6) is 0 Å². The summed E-state index contributed by atoms with van der Waals surface area (Å²) in [6.45, 7) is 5.32. The molecule has 0 rings (SSSR count). The monoisotopic (exact) mass is 316 g/mol. The summed E-state index contributed by atoms with van der Waals surface area (Å²) in [5.74, 6) is 0. The van der Waals surface area contributed by atoms with Crippen LogP contribution in [-0.4, -0.2) is 84.4 Å². The van der Waals surface area contributed by atoms with Crippen LogP contribution in [0.2, 0.25) is 0 Å². The Morgan fingerprint density at radius 3 is 1.10 bits per heavy atom. The largest absolute Gasteiger partial charge is 0.394 e. The zero-order valence-electron chi connectivity index (χ0n) is 11.8. The second-order valence-electron chi connectivity index (χ2n) is 3.60. The van der Waals surface area contributed by atoms with E-state index in [1.54, 1.807) is 0 Å². The summed E-state index contributed by atoms with van der Waals surface area (Å²) < 4.78 is 30.3. The maximum Gasteiger partial charge on any atom is 0.0916 e. The predicted octanol–water partition coefficient (Wildman–Crippen LogP) is 0.232. The molecule has 0 radical (unpaired) electrons. The molecule has 0 saturated heterocycles. The molecule has 0 fully saturated rings. The zero-order chi connectivity index (χ0) is 14.7. The van der Waals surface area contributed by atoms with Gasteiger partial charge in [0.05, 0.1) is 91.1 Å². The molecule has 0 amide bonds. The van der Waals surface area contributed by atoms with E-state index in [0.29, 0.717) is 72.7 Å². The smallest absolute Gasteiger partial charge is 0.0916 e. The van der Waals surface area contributed by atoms with Crippen LogP contribution >= 0.6 is 11.9 Å². The van der Waals surface area contributed by atoms with E-state index in [1.165, 1.54) is 0 Å². The van der Waals surface area contributed by atoms with Gasteiger partial charge in [-0.15, -0.1) is 0 Å². The molecule has 1 N–H and O–H groups in total. The number of aliphatic hydroxyl groups excluding tert-OH is 1. The van der Waals surface area contributed by atoms with Crippen LogP contribution < -0.4 is 0 Å². The summed E-state index contributed by atoms with van der Waals surface area (Å²) >= 11 is 5.01. The summed E-state index contributed by atoms with van der Waals surface area (Å²) in [7, 11) is 0. The van der Waals surface area contributed by atoms with E-state index in [-0.39, 0.29) is 6.61 Å². The molecule has 0 aromatic rings. The number of rotatable bonds is 17. The molecule has 8 heteroatoms. The molecule has 0 aromatic carbocycles. The van der Waals surface area contributed by atoms with E-state index >= 15 is 0 Å². The minimum atomic E-state index is 0.0363. The lowest BCUT2D eigenvalue weighted by molar-refractivity contribution is -0.0145. The molecule has 0 aliphatic rings. The third-order valence-electron chi connectivity index (χ3n) is 2.03. The van der Waals surface area contributed by atoms with Crippen molar-refractivity contribution >= 4 is 11.9 Å². The number of hydrogen-bond acceptors (Lipinski definition) is 7. The van der Waals surface area contributed by atoms with Crippen LogP contribution in [-0.2, 0) is 28.0 Å². The molecule has 20 heavy (non-hydrogen) atoms. The molecule has 0 heterocycles. The first-order chi connectivity index (χ1) is 9.91. The zero-order valence-corrected chi connectivity index (χ0v) is 12.5. The van der Waals surface area contributed by atoms with Crippen LogP contribution in [0.3, 0.4) is 0 Å². The highest BCUT2D eigenvalue weighted by molar-refractivity contribution is 6.07. The third kappa shape index (κ3) is 18.0. The lowest BCUT2D eigenvalue weighted by Gasteiger charge is -2.07. The van der Waals surface area contributed by atoms with Crippen LogP contribution in [0.25, 0.3) is 0 Å². The maximum atomic E-state index is 8.47. The first-order valence-corrected chi connectivity index (χ1v) is 6.95. The normalized spacial score (nSPS) is 11.1. The first-order valence-electron chi connectivity index (χ1n) is 6.65. The summed E-state index contributed by atoms with van der Waals surface area (Å²) in [6, 6.07) is 0. The van der Waals surface area contributed by atoms with E-state index in [4.69, 9.17) is 40.7 Å². The van der Waals surface area contributed by atoms with Gasteiger partial charge in [-0.25, -0.2) is 0 Å². The molecule has 0 aliphatic heterocycles. The van der Waals surface area contributed by atoms with E-state index in [9.17, 15) is 0 Å². The molecule has 0 aromatic heterocycles. The predicted molar refractivity (Wildman–Crippen MR) is 73.0 cm³/mol. The Labute approximate surface area is 125 Å². The van der Waals surface area contributed by atoms with Gasteiger partial charge in [-0.1, -0.05) is 0 Å². The van der Waals surface area contributed by atoms with Crippen molar-refractivity contribution in [1.82, 2.24) is 0 Å². The van der Waals surface area contributed by atoms with Crippen molar-refractivity contribution in [2.45, 2.75) is 0 Å². The molecule has 0 bridgehead atoms. The highest BCUT2D eigenvalue weighted by atomic mass is 35.5. The van der Waals surface area contributed by atoms with E-state index in [1.807, 2.05) is 0 Å². The van der Waals surface area contributed by atoms with E-state index in [2.05, 4.69) is 4.29 Å². The number of hydrogen-bond donors (Lipinski definition) is 1. The Bertz CT molecular complexity index is 156. The number of aliphatic hydroxyl groups is 1. The topological polar surface area (TPSA) is 75.6 Å². The summed E-state index contributed by atoms with van der Waals surface area (Å²) in [6.07, 6.45) is 0. The molecule has 0 spiro atoms. The van der Waals surface area contributed by atoms with Crippen LogP contribution in [0, 0.1) is 0 Å². The fourth-order valence-electron chi connectivity index (χ4n) is 1.14. The number of halogens is 1. The van der Waals surface area contributed by atoms with Crippen molar-refractivity contribution in [3.8, 4) is 0 Å². The van der Waals surface area contributed by atoms with Gasteiger partial charge in [0.25, 0.3) is 0 Å². The van der Waals surface area contributed by atoms with Gasteiger partial charge in [-0.2, -0.15) is 0 Å². The highest BCUT2D eigenvalue weighted by Crippen LogP contribution is 1.84. The average molecular weight is 317 g/mol. The molecule has 0 saturated carbocycles. The van der Waals surface area contributed by atoms with Gasteiger partial charge in [0.2, 0.25) is 0 Å². The Hall–Kier alpha value is 0.01000. The first kappa shape index (κ1) is 20.0. The SMILES string of the molecule is OCCOCCOCCOCCOCCOCCOCl. The fraction of sp³-hybridized carbons (Fsp3) is 1.00. The average Bonchev–Trinajstić information content (AvgIpc) is 2.47. The second kappa shape index (κ2) is 19.0. The number of ether oxygens (including phenoxy) is 5. The fourth-order valence-corrected chi connectivity index (χ4v) is 1.20. The quantitative estimate of drug-likeness (QED) is 0.385. The minimum Gasteiger partial charge on any atom is -0.394 e. The summed E-state index contributed by atoms with van der Waals surface area (Å²) in [4.78, 5) is 0. The summed E-state index contributed by atoms with van der Waals surface area (Å²) in [5, 5.41) is 8.47.